The molecule has 0 aliphatic rings. The monoisotopic (exact) mass is 339 g/mol. The first-order valence-electron chi connectivity index (χ1n) is 7.48. The largest absolute Gasteiger partial charge is 0.396 e. The van der Waals surface area contributed by atoms with E-state index in [2.05, 4.69) is 19.7 Å². The minimum atomic E-state index is -0.662. The molecule has 0 aliphatic heterocycles. The third kappa shape index (κ3) is 5.98. The number of rotatable bonds is 9. The van der Waals surface area contributed by atoms with E-state index in [4.69, 9.17) is 10.2 Å². The zero-order chi connectivity index (χ0) is 18.5. The lowest BCUT2D eigenvalue weighted by atomic mass is 10.3. The average Bonchev–Trinajstić information content (AvgIpc) is 2.58. The van der Waals surface area contributed by atoms with Crippen LogP contribution >= 0.6 is 0 Å². The standard InChI is InChI=1S/C12H15N3O3.C4H10O2/c1-4-7-13-10(16)14(8-5-2)12(18)15(9-6-3)11(13)17;5-3-1-2-4-6/h4-6H,1-3,7-9H2;5-6H,1-4H2. The topological polar surface area (TPSA) is 106 Å². The number of aliphatic hydroxyl groups is 2. The average molecular weight is 339 g/mol. The maximum absolute atomic E-state index is 11.9. The highest BCUT2D eigenvalue weighted by Gasteiger charge is 2.12. The number of allylic oxidation sites excluding steroid dienone is 3. The molecule has 8 nitrogen and oxygen atoms in total. The van der Waals surface area contributed by atoms with Gasteiger partial charge in [-0.25, -0.2) is 28.1 Å². The van der Waals surface area contributed by atoms with E-state index in [1.165, 1.54) is 18.2 Å². The highest BCUT2D eigenvalue weighted by molar-refractivity contribution is 4.86. The Bertz CT molecular complexity index is 587. The van der Waals surface area contributed by atoms with Crippen molar-refractivity contribution in [1.82, 2.24) is 13.7 Å². The fourth-order valence-electron chi connectivity index (χ4n) is 1.76. The van der Waals surface area contributed by atoms with Gasteiger partial charge in [-0.05, 0) is 12.8 Å². The van der Waals surface area contributed by atoms with Gasteiger partial charge in [0.25, 0.3) is 0 Å². The Morgan fingerprint density at radius 2 is 0.917 bits per heavy atom. The van der Waals surface area contributed by atoms with Gasteiger partial charge in [0, 0.05) is 13.2 Å². The van der Waals surface area contributed by atoms with Crippen LogP contribution in [0.15, 0.2) is 52.3 Å². The lowest BCUT2D eigenvalue weighted by Crippen LogP contribution is -2.54. The number of nitrogens with zero attached hydrogens (tertiary/aromatic N) is 3. The second-order valence-electron chi connectivity index (χ2n) is 4.70. The van der Waals surface area contributed by atoms with Gasteiger partial charge in [0.15, 0.2) is 0 Å². The van der Waals surface area contributed by atoms with Gasteiger partial charge in [0.1, 0.15) is 0 Å². The van der Waals surface area contributed by atoms with Gasteiger partial charge in [-0.15, -0.1) is 19.7 Å². The van der Waals surface area contributed by atoms with E-state index in [0.29, 0.717) is 0 Å². The molecule has 0 atom stereocenters. The van der Waals surface area contributed by atoms with Crippen LogP contribution in [0.3, 0.4) is 0 Å². The summed E-state index contributed by atoms with van der Waals surface area (Å²) in [5.41, 5.74) is -1.99. The molecule has 0 fully saturated rings. The molecule has 1 aromatic rings. The van der Waals surface area contributed by atoms with Crippen molar-refractivity contribution in [3.8, 4) is 0 Å². The number of hydrogen-bond donors (Lipinski definition) is 2. The van der Waals surface area contributed by atoms with Gasteiger partial charge in [-0.2, -0.15) is 0 Å². The molecule has 0 amide bonds. The Morgan fingerprint density at radius 3 is 1.08 bits per heavy atom. The van der Waals surface area contributed by atoms with E-state index >= 15 is 0 Å². The Labute approximate surface area is 139 Å². The molecule has 2 N–H and O–H groups in total. The second-order valence-corrected chi connectivity index (χ2v) is 4.70. The maximum atomic E-state index is 11.9. The Morgan fingerprint density at radius 1 is 0.667 bits per heavy atom. The summed E-state index contributed by atoms with van der Waals surface area (Å²) < 4.78 is 2.84. The van der Waals surface area contributed by atoms with Crippen molar-refractivity contribution in [2.45, 2.75) is 32.5 Å². The van der Waals surface area contributed by atoms with Crippen molar-refractivity contribution < 1.29 is 10.2 Å². The third-order valence-electron chi connectivity index (χ3n) is 2.89. The summed E-state index contributed by atoms with van der Waals surface area (Å²) in [7, 11) is 0. The van der Waals surface area contributed by atoms with Crippen LogP contribution in [0.25, 0.3) is 0 Å². The van der Waals surface area contributed by atoms with Crippen molar-refractivity contribution >= 4 is 0 Å². The number of hydrogen-bond acceptors (Lipinski definition) is 5. The molecule has 0 radical (unpaired) electrons. The highest BCUT2D eigenvalue weighted by atomic mass is 16.3. The summed E-state index contributed by atoms with van der Waals surface area (Å²) in [5.74, 6) is 0. The molecule has 0 saturated carbocycles. The molecule has 134 valence electrons. The molecule has 0 aliphatic carbocycles. The van der Waals surface area contributed by atoms with Crippen molar-refractivity contribution in [1.29, 1.82) is 0 Å². The minimum absolute atomic E-state index is 0.0478. The summed E-state index contributed by atoms with van der Waals surface area (Å²) in [6.45, 7) is 11.0. The van der Waals surface area contributed by atoms with E-state index in [1.54, 1.807) is 0 Å². The minimum Gasteiger partial charge on any atom is -0.396 e. The van der Waals surface area contributed by atoms with Gasteiger partial charge in [0.2, 0.25) is 0 Å². The van der Waals surface area contributed by atoms with Crippen molar-refractivity contribution in [2.75, 3.05) is 13.2 Å². The molecule has 1 heterocycles. The van der Waals surface area contributed by atoms with Crippen LogP contribution in [0.1, 0.15) is 12.8 Å². The molecule has 24 heavy (non-hydrogen) atoms. The number of aliphatic hydroxyl groups excluding tert-OH is 2. The first-order valence-corrected chi connectivity index (χ1v) is 7.48. The van der Waals surface area contributed by atoms with E-state index in [9.17, 15) is 14.4 Å². The maximum Gasteiger partial charge on any atom is 0.336 e. The van der Waals surface area contributed by atoms with E-state index in [-0.39, 0.29) is 32.8 Å². The predicted octanol–water partition coefficient (Wildman–Crippen LogP) is -0.519. The van der Waals surface area contributed by atoms with E-state index in [1.807, 2.05) is 0 Å². The molecular formula is C16H25N3O5. The summed E-state index contributed by atoms with van der Waals surface area (Å²) in [4.78, 5) is 35.8. The van der Waals surface area contributed by atoms with Crippen LogP contribution in [0, 0.1) is 0 Å². The lowest BCUT2D eigenvalue weighted by Gasteiger charge is -2.10. The summed E-state index contributed by atoms with van der Waals surface area (Å²) >= 11 is 0. The molecule has 1 aromatic heterocycles. The smallest absolute Gasteiger partial charge is 0.336 e. The SMILES string of the molecule is C=CCn1c(=O)n(CC=C)c(=O)n(CC=C)c1=O.OCCCCO. The first-order chi connectivity index (χ1) is 11.5. The number of unbranched alkanes of at least 4 members (excludes halogenated alkanes) is 1. The quantitative estimate of drug-likeness (QED) is 0.465. The van der Waals surface area contributed by atoms with Gasteiger partial charge >= 0.3 is 17.1 Å². The van der Waals surface area contributed by atoms with E-state index in [0.717, 1.165) is 26.5 Å². The fraction of sp³-hybridized carbons (Fsp3) is 0.438. The van der Waals surface area contributed by atoms with Crippen molar-refractivity contribution in [3.63, 3.8) is 0 Å². The lowest BCUT2D eigenvalue weighted by molar-refractivity contribution is 0.242. The Hall–Kier alpha value is -2.45. The molecule has 0 unspecified atom stereocenters. The Balaban J connectivity index is 0.000000754. The fourth-order valence-corrected chi connectivity index (χ4v) is 1.76. The molecule has 0 aromatic carbocycles. The summed E-state index contributed by atoms with van der Waals surface area (Å²) in [5, 5.41) is 16.2. The predicted molar refractivity (Wildman–Crippen MR) is 93.2 cm³/mol. The van der Waals surface area contributed by atoms with Gasteiger partial charge in [-0.1, -0.05) is 18.2 Å². The second kappa shape index (κ2) is 12.0. The summed E-state index contributed by atoms with van der Waals surface area (Å²) in [6, 6.07) is 0. The third-order valence-corrected chi connectivity index (χ3v) is 2.89. The van der Waals surface area contributed by atoms with Crippen molar-refractivity contribution in [3.05, 3.63) is 69.4 Å². The molecule has 0 saturated heterocycles. The Kier molecular flexibility index (Phi) is 10.8. The first kappa shape index (κ1) is 21.6. The normalized spacial score (nSPS) is 9.75. The zero-order valence-corrected chi connectivity index (χ0v) is 13.8. The van der Waals surface area contributed by atoms with Crippen molar-refractivity contribution in [2.24, 2.45) is 0 Å². The highest BCUT2D eigenvalue weighted by Crippen LogP contribution is 1.81. The van der Waals surface area contributed by atoms with Crippen LogP contribution in [0.2, 0.25) is 0 Å². The van der Waals surface area contributed by atoms with Crippen LogP contribution in [0.5, 0.6) is 0 Å². The molecule has 0 spiro atoms. The van der Waals surface area contributed by atoms with Crippen LogP contribution in [-0.2, 0) is 19.6 Å². The molecule has 8 heteroatoms. The van der Waals surface area contributed by atoms with Gasteiger partial charge in [0.05, 0.1) is 19.6 Å². The molecular weight excluding hydrogens is 314 g/mol. The molecule has 1 rings (SSSR count). The zero-order valence-electron chi connectivity index (χ0n) is 13.8. The molecule has 0 bridgehead atoms. The van der Waals surface area contributed by atoms with Crippen LogP contribution < -0.4 is 17.1 Å². The van der Waals surface area contributed by atoms with Crippen LogP contribution in [-0.4, -0.2) is 37.1 Å². The van der Waals surface area contributed by atoms with Gasteiger partial charge < -0.3 is 10.2 Å². The van der Waals surface area contributed by atoms with Crippen LogP contribution in [0.4, 0.5) is 0 Å². The number of aromatic nitrogens is 3. The van der Waals surface area contributed by atoms with E-state index < -0.39 is 17.1 Å². The summed E-state index contributed by atoms with van der Waals surface area (Å²) in [6.07, 6.45) is 5.70. The van der Waals surface area contributed by atoms with Gasteiger partial charge in [-0.3, -0.25) is 0 Å².